The number of carbonyl (C=O) groups excluding carboxylic acids is 1. The summed E-state index contributed by atoms with van der Waals surface area (Å²) in [6.07, 6.45) is 2.68. The molecule has 1 aliphatic heterocycles. The molecule has 4 nitrogen and oxygen atoms in total. The van der Waals surface area contributed by atoms with Gasteiger partial charge in [-0.05, 0) is 74.2 Å². The molecular formula is C22H24O4. The first-order valence-corrected chi connectivity index (χ1v) is 8.98. The first kappa shape index (κ1) is 18.1. The molecule has 0 saturated carbocycles. The third-order valence-corrected chi connectivity index (χ3v) is 4.31. The fraction of sp³-hybridized carbons (Fsp3) is 0.318. The summed E-state index contributed by atoms with van der Waals surface area (Å²) in [7, 11) is 0. The summed E-state index contributed by atoms with van der Waals surface area (Å²) < 4.78 is 17.2. The maximum absolute atomic E-state index is 12.6. The van der Waals surface area contributed by atoms with Crippen molar-refractivity contribution >= 4 is 11.9 Å². The molecule has 136 valence electrons. The molecule has 0 saturated heterocycles. The lowest BCUT2D eigenvalue weighted by Crippen LogP contribution is -2.01. The Bertz CT molecular complexity index is 865. The number of fused-ring (bicyclic) bond motifs is 1. The zero-order valence-electron chi connectivity index (χ0n) is 15.7. The van der Waals surface area contributed by atoms with Crippen molar-refractivity contribution in [2.45, 2.75) is 34.1 Å². The molecule has 2 aromatic rings. The second-order valence-corrected chi connectivity index (χ2v) is 6.36. The highest BCUT2D eigenvalue weighted by Crippen LogP contribution is 2.35. The van der Waals surface area contributed by atoms with Gasteiger partial charge in [0.15, 0.2) is 17.3 Å². The number of Topliss-reactive ketones (excluding diaryl/α,β-unsaturated/α-hetero) is 1. The lowest BCUT2D eigenvalue weighted by Gasteiger charge is -2.12. The normalized spacial score (nSPS) is 14.3. The van der Waals surface area contributed by atoms with Crippen LogP contribution in [0.5, 0.6) is 17.2 Å². The van der Waals surface area contributed by atoms with E-state index in [0.717, 1.165) is 23.1 Å². The Kier molecular flexibility index (Phi) is 5.31. The molecule has 1 heterocycles. The van der Waals surface area contributed by atoms with Crippen LogP contribution in [0.3, 0.4) is 0 Å². The quantitative estimate of drug-likeness (QED) is 0.678. The van der Waals surface area contributed by atoms with Crippen LogP contribution in [0, 0.1) is 13.8 Å². The molecule has 0 atom stereocenters. The summed E-state index contributed by atoms with van der Waals surface area (Å²) in [5.74, 6) is 2.24. The third kappa shape index (κ3) is 3.59. The van der Waals surface area contributed by atoms with Crippen LogP contribution in [0.15, 0.2) is 36.1 Å². The van der Waals surface area contributed by atoms with Gasteiger partial charge in [-0.2, -0.15) is 0 Å². The minimum Gasteiger partial charge on any atom is -0.490 e. The molecule has 0 aromatic heterocycles. The molecule has 26 heavy (non-hydrogen) atoms. The molecule has 0 spiro atoms. The third-order valence-electron chi connectivity index (χ3n) is 4.31. The Labute approximate surface area is 154 Å². The fourth-order valence-corrected chi connectivity index (χ4v) is 2.81. The molecule has 0 bridgehead atoms. The van der Waals surface area contributed by atoms with Crippen molar-refractivity contribution < 1.29 is 19.0 Å². The number of hydrogen-bond donors (Lipinski definition) is 0. The van der Waals surface area contributed by atoms with Gasteiger partial charge in [-0.1, -0.05) is 13.0 Å². The molecule has 3 rings (SSSR count). The maximum Gasteiger partial charge on any atom is 0.231 e. The van der Waals surface area contributed by atoms with E-state index in [4.69, 9.17) is 14.2 Å². The van der Waals surface area contributed by atoms with Crippen LogP contribution >= 0.6 is 0 Å². The van der Waals surface area contributed by atoms with E-state index in [2.05, 4.69) is 6.92 Å². The zero-order chi connectivity index (χ0) is 18.7. The molecule has 0 fully saturated rings. The number of ether oxygens (including phenoxy) is 3. The Hall–Kier alpha value is -2.75. The van der Waals surface area contributed by atoms with E-state index < -0.39 is 0 Å². The van der Waals surface area contributed by atoms with Crippen LogP contribution in [0.4, 0.5) is 0 Å². The summed E-state index contributed by atoms with van der Waals surface area (Å²) in [5.41, 5.74) is 3.64. The van der Waals surface area contributed by atoms with Gasteiger partial charge in [0.1, 0.15) is 5.75 Å². The minimum atomic E-state index is -0.0904. The molecular weight excluding hydrogens is 328 g/mol. The van der Waals surface area contributed by atoms with Gasteiger partial charge in [-0.25, -0.2) is 0 Å². The van der Waals surface area contributed by atoms with Gasteiger partial charge < -0.3 is 14.2 Å². The highest BCUT2D eigenvalue weighted by Gasteiger charge is 2.28. The van der Waals surface area contributed by atoms with E-state index in [1.54, 1.807) is 6.08 Å². The lowest BCUT2D eigenvalue weighted by atomic mass is 10.0. The Balaban J connectivity index is 1.90. The molecule has 0 unspecified atom stereocenters. The number of hydrogen-bond acceptors (Lipinski definition) is 4. The van der Waals surface area contributed by atoms with E-state index in [-0.39, 0.29) is 5.78 Å². The van der Waals surface area contributed by atoms with Gasteiger partial charge >= 0.3 is 0 Å². The van der Waals surface area contributed by atoms with E-state index in [9.17, 15) is 4.79 Å². The highest BCUT2D eigenvalue weighted by molar-refractivity contribution is 6.14. The Morgan fingerprint density at radius 1 is 1.00 bits per heavy atom. The zero-order valence-corrected chi connectivity index (χ0v) is 15.7. The van der Waals surface area contributed by atoms with Gasteiger partial charge in [-0.15, -0.1) is 0 Å². The van der Waals surface area contributed by atoms with Crippen molar-refractivity contribution in [2.75, 3.05) is 13.2 Å². The SMILES string of the molecule is CCCOc1ccc(/C=C2\Oc3cc(C)c(C)cc3C2=O)cc1OCC. The molecule has 0 radical (unpaired) electrons. The fourth-order valence-electron chi connectivity index (χ4n) is 2.81. The first-order valence-electron chi connectivity index (χ1n) is 8.98. The predicted octanol–water partition coefficient (Wildman–Crippen LogP) is 5.11. The number of ketones is 1. The molecule has 4 heteroatoms. The number of aryl methyl sites for hydroxylation is 2. The summed E-state index contributed by atoms with van der Waals surface area (Å²) >= 11 is 0. The second-order valence-electron chi connectivity index (χ2n) is 6.36. The number of benzene rings is 2. The van der Waals surface area contributed by atoms with Crippen molar-refractivity contribution in [1.29, 1.82) is 0 Å². The summed E-state index contributed by atoms with van der Waals surface area (Å²) in [6.45, 7) is 9.17. The maximum atomic E-state index is 12.6. The smallest absolute Gasteiger partial charge is 0.231 e. The van der Waals surface area contributed by atoms with E-state index >= 15 is 0 Å². The number of carbonyl (C=O) groups is 1. The van der Waals surface area contributed by atoms with E-state index in [1.165, 1.54) is 0 Å². The number of allylic oxidation sites excluding steroid dienone is 1. The van der Waals surface area contributed by atoms with Gasteiger partial charge in [0.2, 0.25) is 5.78 Å². The largest absolute Gasteiger partial charge is 0.490 e. The Morgan fingerprint density at radius 3 is 2.50 bits per heavy atom. The number of rotatable bonds is 6. The van der Waals surface area contributed by atoms with Crippen molar-refractivity contribution in [3.8, 4) is 17.2 Å². The summed E-state index contributed by atoms with van der Waals surface area (Å²) in [5, 5.41) is 0. The predicted molar refractivity (Wildman–Crippen MR) is 102 cm³/mol. The van der Waals surface area contributed by atoms with Crippen LogP contribution in [-0.4, -0.2) is 19.0 Å². The van der Waals surface area contributed by atoms with E-state index in [0.29, 0.717) is 41.8 Å². The average Bonchev–Trinajstić information content (AvgIpc) is 2.90. The first-order chi connectivity index (χ1) is 12.5. The average molecular weight is 352 g/mol. The van der Waals surface area contributed by atoms with Crippen LogP contribution in [0.2, 0.25) is 0 Å². The lowest BCUT2D eigenvalue weighted by molar-refractivity contribution is 0.101. The molecule has 0 N–H and O–H groups in total. The topological polar surface area (TPSA) is 44.8 Å². The standard InChI is InChI=1S/C22H24O4/c1-5-9-25-18-8-7-16(12-20(18)24-6-2)13-21-22(23)17-10-14(3)15(4)11-19(17)26-21/h7-8,10-13H,5-6,9H2,1-4H3/b21-13-. The van der Waals surface area contributed by atoms with Gasteiger partial charge in [0.25, 0.3) is 0 Å². The van der Waals surface area contributed by atoms with Crippen molar-refractivity contribution in [3.63, 3.8) is 0 Å². The molecule has 2 aromatic carbocycles. The minimum absolute atomic E-state index is 0.0904. The highest BCUT2D eigenvalue weighted by atomic mass is 16.5. The summed E-state index contributed by atoms with van der Waals surface area (Å²) in [4.78, 5) is 12.6. The Morgan fingerprint density at radius 2 is 1.77 bits per heavy atom. The van der Waals surface area contributed by atoms with Crippen LogP contribution in [0.25, 0.3) is 6.08 Å². The van der Waals surface area contributed by atoms with Gasteiger partial charge in [0, 0.05) is 0 Å². The van der Waals surface area contributed by atoms with Crippen LogP contribution < -0.4 is 14.2 Å². The van der Waals surface area contributed by atoms with Crippen molar-refractivity contribution in [3.05, 3.63) is 58.3 Å². The van der Waals surface area contributed by atoms with Crippen LogP contribution in [-0.2, 0) is 0 Å². The monoisotopic (exact) mass is 352 g/mol. The van der Waals surface area contributed by atoms with Gasteiger partial charge in [-0.3, -0.25) is 4.79 Å². The second kappa shape index (κ2) is 7.65. The summed E-state index contributed by atoms with van der Waals surface area (Å²) in [6, 6.07) is 9.44. The molecule has 1 aliphatic rings. The van der Waals surface area contributed by atoms with Crippen molar-refractivity contribution in [2.24, 2.45) is 0 Å². The van der Waals surface area contributed by atoms with Gasteiger partial charge in [0.05, 0.1) is 18.8 Å². The van der Waals surface area contributed by atoms with E-state index in [1.807, 2.05) is 51.1 Å². The molecule has 0 amide bonds. The van der Waals surface area contributed by atoms with Crippen LogP contribution in [0.1, 0.15) is 47.3 Å². The van der Waals surface area contributed by atoms with Crippen molar-refractivity contribution in [1.82, 2.24) is 0 Å². The molecule has 0 aliphatic carbocycles.